The van der Waals surface area contributed by atoms with Crippen molar-refractivity contribution in [2.45, 2.75) is 26.7 Å². The molecule has 0 saturated carbocycles. The van der Waals surface area contributed by atoms with Crippen LogP contribution in [-0.4, -0.2) is 33.3 Å². The Morgan fingerprint density at radius 2 is 1.95 bits per heavy atom. The predicted molar refractivity (Wildman–Crippen MR) is 87.2 cm³/mol. The molecule has 0 radical (unpaired) electrons. The molecule has 0 heterocycles. The van der Waals surface area contributed by atoms with E-state index in [1.165, 1.54) is 0 Å². The molecule has 0 aliphatic heterocycles. The first kappa shape index (κ1) is 17.1. The van der Waals surface area contributed by atoms with Crippen molar-refractivity contribution in [3.63, 3.8) is 0 Å². The van der Waals surface area contributed by atoms with Crippen molar-refractivity contribution in [3.05, 3.63) is 23.8 Å². The molecule has 0 unspecified atom stereocenters. The van der Waals surface area contributed by atoms with Gasteiger partial charge in [-0.15, -0.1) is 0 Å². The molecule has 21 heavy (non-hydrogen) atoms. The van der Waals surface area contributed by atoms with Crippen LogP contribution in [0, 0.1) is 5.92 Å². The summed E-state index contributed by atoms with van der Waals surface area (Å²) in [5.74, 6) is 2.64. The number of aliphatic imine (C=N–C) groups is 1. The number of methoxy groups -OCH3 is 2. The van der Waals surface area contributed by atoms with E-state index in [0.717, 1.165) is 43.0 Å². The molecular weight excluding hydrogens is 266 g/mol. The monoisotopic (exact) mass is 293 g/mol. The van der Waals surface area contributed by atoms with E-state index in [0.29, 0.717) is 11.9 Å². The smallest absolute Gasteiger partial charge is 0.188 e. The van der Waals surface area contributed by atoms with Gasteiger partial charge >= 0.3 is 0 Å². The molecule has 1 aromatic carbocycles. The Morgan fingerprint density at radius 3 is 2.57 bits per heavy atom. The summed E-state index contributed by atoms with van der Waals surface area (Å²) >= 11 is 0. The normalized spacial score (nSPS) is 11.6. The van der Waals surface area contributed by atoms with Crippen LogP contribution in [-0.2, 0) is 6.42 Å². The number of ether oxygens (including phenoxy) is 2. The van der Waals surface area contributed by atoms with Gasteiger partial charge in [0.15, 0.2) is 17.5 Å². The first-order chi connectivity index (χ1) is 10.1. The number of rotatable bonds is 8. The molecule has 118 valence electrons. The SMILES string of the molecule is COc1ccc(CCNC(N)=NCCC(C)C)cc1OC. The van der Waals surface area contributed by atoms with Gasteiger partial charge in [0.25, 0.3) is 0 Å². The summed E-state index contributed by atoms with van der Waals surface area (Å²) in [7, 11) is 3.27. The molecule has 0 saturated heterocycles. The highest BCUT2D eigenvalue weighted by atomic mass is 16.5. The molecule has 0 spiro atoms. The van der Waals surface area contributed by atoms with Gasteiger partial charge in [0.1, 0.15) is 0 Å². The maximum absolute atomic E-state index is 5.82. The van der Waals surface area contributed by atoms with Gasteiger partial charge in [-0.3, -0.25) is 4.99 Å². The lowest BCUT2D eigenvalue weighted by atomic mass is 10.1. The van der Waals surface area contributed by atoms with Crippen LogP contribution < -0.4 is 20.5 Å². The second-order valence-corrected chi connectivity index (χ2v) is 5.32. The fourth-order valence-electron chi connectivity index (χ4n) is 1.87. The molecule has 0 aromatic heterocycles. The first-order valence-corrected chi connectivity index (χ1v) is 7.31. The quantitative estimate of drug-likeness (QED) is 0.569. The number of benzene rings is 1. The van der Waals surface area contributed by atoms with Crippen LogP contribution in [0.3, 0.4) is 0 Å². The summed E-state index contributed by atoms with van der Waals surface area (Å²) in [5.41, 5.74) is 6.98. The lowest BCUT2D eigenvalue weighted by Gasteiger charge is -2.10. The standard InChI is InChI=1S/C16H27N3O2/c1-12(2)7-9-18-16(17)19-10-8-13-5-6-14(20-3)15(11-13)21-4/h5-6,11-12H,7-10H2,1-4H3,(H3,17,18,19). The highest BCUT2D eigenvalue weighted by Gasteiger charge is 2.04. The summed E-state index contributed by atoms with van der Waals surface area (Å²) < 4.78 is 10.5. The summed E-state index contributed by atoms with van der Waals surface area (Å²) in [6.07, 6.45) is 1.90. The number of hydrogen-bond donors (Lipinski definition) is 2. The average Bonchev–Trinajstić information content (AvgIpc) is 2.46. The fraction of sp³-hybridized carbons (Fsp3) is 0.562. The molecule has 0 aliphatic carbocycles. The minimum atomic E-state index is 0.510. The molecule has 0 bridgehead atoms. The van der Waals surface area contributed by atoms with Gasteiger partial charge in [-0.1, -0.05) is 19.9 Å². The van der Waals surface area contributed by atoms with Gasteiger partial charge < -0.3 is 20.5 Å². The molecule has 1 aromatic rings. The molecule has 5 heteroatoms. The van der Waals surface area contributed by atoms with Crippen LogP contribution in [0.1, 0.15) is 25.8 Å². The van der Waals surface area contributed by atoms with E-state index in [9.17, 15) is 0 Å². The molecule has 0 atom stereocenters. The lowest BCUT2D eigenvalue weighted by Crippen LogP contribution is -2.33. The third-order valence-electron chi connectivity index (χ3n) is 3.16. The summed E-state index contributed by atoms with van der Waals surface area (Å²) in [4.78, 5) is 4.30. The van der Waals surface area contributed by atoms with Gasteiger partial charge in [-0.25, -0.2) is 0 Å². The van der Waals surface area contributed by atoms with E-state index in [1.54, 1.807) is 14.2 Å². The van der Waals surface area contributed by atoms with Crippen molar-refractivity contribution in [1.29, 1.82) is 0 Å². The van der Waals surface area contributed by atoms with E-state index in [1.807, 2.05) is 18.2 Å². The second kappa shape index (κ2) is 9.10. The van der Waals surface area contributed by atoms with E-state index in [4.69, 9.17) is 15.2 Å². The number of nitrogens with one attached hydrogen (secondary N) is 1. The van der Waals surface area contributed by atoms with Crippen LogP contribution in [0.15, 0.2) is 23.2 Å². The summed E-state index contributed by atoms with van der Waals surface area (Å²) in [5, 5.41) is 3.13. The zero-order valence-electron chi connectivity index (χ0n) is 13.5. The Bertz CT molecular complexity index is 459. The molecule has 3 N–H and O–H groups in total. The average molecular weight is 293 g/mol. The third kappa shape index (κ3) is 6.38. The van der Waals surface area contributed by atoms with Crippen molar-refractivity contribution in [1.82, 2.24) is 5.32 Å². The van der Waals surface area contributed by atoms with Crippen LogP contribution in [0.25, 0.3) is 0 Å². The first-order valence-electron chi connectivity index (χ1n) is 7.31. The Kier molecular flexibility index (Phi) is 7.43. The van der Waals surface area contributed by atoms with Gasteiger partial charge in [-0.05, 0) is 36.5 Å². The fourth-order valence-corrected chi connectivity index (χ4v) is 1.87. The Labute approximate surface area is 127 Å². The van der Waals surface area contributed by atoms with Crippen molar-refractivity contribution in [2.24, 2.45) is 16.6 Å². The van der Waals surface area contributed by atoms with Crippen molar-refractivity contribution in [2.75, 3.05) is 27.3 Å². The van der Waals surface area contributed by atoms with Crippen molar-refractivity contribution < 1.29 is 9.47 Å². The molecule has 0 aliphatic rings. The van der Waals surface area contributed by atoms with E-state index < -0.39 is 0 Å². The van der Waals surface area contributed by atoms with Crippen molar-refractivity contribution >= 4 is 5.96 Å². The molecule has 1 rings (SSSR count). The predicted octanol–water partition coefficient (Wildman–Crippen LogP) is 2.20. The topological polar surface area (TPSA) is 68.9 Å². The molecule has 5 nitrogen and oxygen atoms in total. The number of nitrogens with zero attached hydrogens (tertiary/aromatic N) is 1. The zero-order chi connectivity index (χ0) is 15.7. The van der Waals surface area contributed by atoms with Gasteiger partial charge in [-0.2, -0.15) is 0 Å². The van der Waals surface area contributed by atoms with Gasteiger partial charge in [0.05, 0.1) is 14.2 Å². The van der Waals surface area contributed by atoms with Gasteiger partial charge in [0, 0.05) is 13.1 Å². The highest BCUT2D eigenvalue weighted by molar-refractivity contribution is 5.77. The Hall–Kier alpha value is -1.91. The van der Waals surface area contributed by atoms with E-state index in [-0.39, 0.29) is 0 Å². The van der Waals surface area contributed by atoms with Gasteiger partial charge in [0.2, 0.25) is 0 Å². The van der Waals surface area contributed by atoms with Crippen molar-refractivity contribution in [3.8, 4) is 11.5 Å². The number of hydrogen-bond acceptors (Lipinski definition) is 3. The minimum Gasteiger partial charge on any atom is -0.493 e. The lowest BCUT2D eigenvalue weighted by molar-refractivity contribution is 0.354. The van der Waals surface area contributed by atoms with Crippen LogP contribution in [0.4, 0.5) is 0 Å². The minimum absolute atomic E-state index is 0.510. The third-order valence-corrected chi connectivity index (χ3v) is 3.16. The number of guanidine groups is 1. The number of nitrogens with two attached hydrogens (primary N) is 1. The molecule has 0 fully saturated rings. The van der Waals surface area contributed by atoms with Crippen LogP contribution in [0.2, 0.25) is 0 Å². The summed E-state index contributed by atoms with van der Waals surface area (Å²) in [6.45, 7) is 5.87. The maximum Gasteiger partial charge on any atom is 0.188 e. The Balaban J connectivity index is 2.41. The molecular formula is C16H27N3O2. The Morgan fingerprint density at radius 1 is 1.24 bits per heavy atom. The zero-order valence-corrected chi connectivity index (χ0v) is 13.5. The van der Waals surface area contributed by atoms with Crippen LogP contribution in [0.5, 0.6) is 11.5 Å². The largest absolute Gasteiger partial charge is 0.493 e. The van der Waals surface area contributed by atoms with E-state index >= 15 is 0 Å². The second-order valence-electron chi connectivity index (χ2n) is 5.32. The van der Waals surface area contributed by atoms with Crippen LogP contribution >= 0.6 is 0 Å². The maximum atomic E-state index is 5.82. The van der Waals surface area contributed by atoms with E-state index in [2.05, 4.69) is 24.2 Å². The molecule has 0 amide bonds. The highest BCUT2D eigenvalue weighted by Crippen LogP contribution is 2.27. The summed E-state index contributed by atoms with van der Waals surface area (Å²) in [6, 6.07) is 5.91.